The van der Waals surface area contributed by atoms with Crippen LogP contribution in [-0.4, -0.2) is 65.1 Å². The summed E-state index contributed by atoms with van der Waals surface area (Å²) < 4.78 is 8.88. The zero-order chi connectivity index (χ0) is 25.7. The van der Waals surface area contributed by atoms with Crippen molar-refractivity contribution in [3.8, 4) is 23.7 Å². The number of carbonyl (C=O) groups excluding carboxylic acids is 1. The molecule has 0 spiro atoms. The molecule has 2 N–H and O–H groups in total. The number of nitrogens with zero attached hydrogens (tertiary/aromatic N) is 6. The number of rotatable bonds is 7. The predicted molar refractivity (Wildman–Crippen MR) is 135 cm³/mol. The Bertz CT molecular complexity index is 1450. The molecule has 1 aromatic carbocycles. The smallest absolute Gasteiger partial charge is 0.293 e. The van der Waals surface area contributed by atoms with Crippen LogP contribution in [0.1, 0.15) is 35.3 Å². The van der Waals surface area contributed by atoms with Crippen LogP contribution in [0, 0.1) is 23.2 Å². The SMILES string of the molecule is CC#CCn1c(N2CCNCC2)nc2cnn(Cc3c(C#N)cc(C(=O)NC)cc3OCC)c(=O)c21. The molecule has 1 aliphatic heterocycles. The highest BCUT2D eigenvalue weighted by molar-refractivity contribution is 5.95. The molecule has 3 heterocycles. The number of anilines is 1. The number of hydrogen-bond acceptors (Lipinski definition) is 8. The summed E-state index contributed by atoms with van der Waals surface area (Å²) in [4.78, 5) is 32.7. The molecule has 1 aliphatic rings. The first-order chi connectivity index (χ1) is 17.5. The predicted octanol–water partition coefficient (Wildman–Crippen LogP) is 0.704. The minimum Gasteiger partial charge on any atom is -0.493 e. The molecular formula is C25H28N8O3. The maximum atomic E-state index is 13.7. The van der Waals surface area contributed by atoms with Crippen molar-refractivity contribution >= 4 is 22.9 Å². The summed E-state index contributed by atoms with van der Waals surface area (Å²) in [6, 6.07) is 5.19. The summed E-state index contributed by atoms with van der Waals surface area (Å²) in [6.45, 7) is 7.40. The van der Waals surface area contributed by atoms with Crippen LogP contribution in [0.2, 0.25) is 0 Å². The first-order valence-electron chi connectivity index (χ1n) is 11.8. The van der Waals surface area contributed by atoms with Gasteiger partial charge >= 0.3 is 0 Å². The van der Waals surface area contributed by atoms with Crippen molar-refractivity contribution in [3.05, 3.63) is 45.4 Å². The van der Waals surface area contributed by atoms with Crippen LogP contribution in [0.5, 0.6) is 5.75 Å². The van der Waals surface area contributed by atoms with Crippen molar-refractivity contribution in [1.29, 1.82) is 5.26 Å². The zero-order valence-electron chi connectivity index (χ0n) is 20.6. The molecule has 36 heavy (non-hydrogen) atoms. The highest BCUT2D eigenvalue weighted by Gasteiger charge is 2.23. The molecule has 2 aromatic heterocycles. The van der Waals surface area contributed by atoms with E-state index < -0.39 is 0 Å². The number of imidazole rings is 1. The van der Waals surface area contributed by atoms with Gasteiger partial charge < -0.3 is 20.3 Å². The fourth-order valence-corrected chi connectivity index (χ4v) is 4.22. The Morgan fingerprint density at radius 1 is 1.31 bits per heavy atom. The molecule has 0 bridgehead atoms. The average molecular weight is 489 g/mol. The molecule has 0 atom stereocenters. The maximum Gasteiger partial charge on any atom is 0.293 e. The lowest BCUT2D eigenvalue weighted by atomic mass is 10.0. The summed E-state index contributed by atoms with van der Waals surface area (Å²) in [7, 11) is 1.52. The summed E-state index contributed by atoms with van der Waals surface area (Å²) >= 11 is 0. The van der Waals surface area contributed by atoms with Gasteiger partial charge in [0.25, 0.3) is 11.5 Å². The minimum atomic E-state index is -0.346. The third-order valence-corrected chi connectivity index (χ3v) is 5.97. The number of hydrogen-bond donors (Lipinski definition) is 2. The molecular weight excluding hydrogens is 460 g/mol. The Morgan fingerprint density at radius 2 is 2.08 bits per heavy atom. The Balaban J connectivity index is 1.84. The second kappa shape index (κ2) is 10.9. The Morgan fingerprint density at radius 3 is 2.75 bits per heavy atom. The van der Waals surface area contributed by atoms with Crippen molar-refractivity contribution < 1.29 is 9.53 Å². The summed E-state index contributed by atoms with van der Waals surface area (Å²) in [5.41, 5.74) is 1.56. The van der Waals surface area contributed by atoms with Gasteiger partial charge in [-0.25, -0.2) is 9.67 Å². The van der Waals surface area contributed by atoms with Crippen LogP contribution in [0.3, 0.4) is 0 Å². The van der Waals surface area contributed by atoms with E-state index in [-0.39, 0.29) is 23.6 Å². The van der Waals surface area contributed by atoms with E-state index in [0.29, 0.717) is 47.0 Å². The zero-order valence-corrected chi connectivity index (χ0v) is 20.6. The molecule has 11 nitrogen and oxygen atoms in total. The van der Waals surface area contributed by atoms with Gasteiger partial charge in [-0.2, -0.15) is 10.4 Å². The summed E-state index contributed by atoms with van der Waals surface area (Å²) in [5.74, 6) is 6.65. The second-order valence-electron chi connectivity index (χ2n) is 8.13. The molecule has 0 aliphatic carbocycles. The Kier molecular flexibility index (Phi) is 7.52. The van der Waals surface area contributed by atoms with Crippen molar-refractivity contribution in [2.75, 3.05) is 44.7 Å². The van der Waals surface area contributed by atoms with Crippen molar-refractivity contribution in [2.45, 2.75) is 26.9 Å². The highest BCUT2D eigenvalue weighted by atomic mass is 16.5. The molecule has 1 saturated heterocycles. The summed E-state index contributed by atoms with van der Waals surface area (Å²) in [6.07, 6.45) is 1.56. The molecule has 1 amide bonds. The van der Waals surface area contributed by atoms with E-state index in [2.05, 4.69) is 38.5 Å². The van der Waals surface area contributed by atoms with Crippen LogP contribution >= 0.6 is 0 Å². The number of amides is 1. The normalized spacial score (nSPS) is 13.1. The third kappa shape index (κ3) is 4.74. The van der Waals surface area contributed by atoms with Crippen LogP contribution < -0.4 is 25.8 Å². The second-order valence-corrected chi connectivity index (χ2v) is 8.13. The van der Waals surface area contributed by atoms with Crippen LogP contribution in [-0.2, 0) is 13.1 Å². The van der Waals surface area contributed by atoms with Gasteiger partial charge in [0.15, 0.2) is 0 Å². The van der Waals surface area contributed by atoms with Gasteiger partial charge in [0.1, 0.15) is 16.8 Å². The molecule has 0 unspecified atom stereocenters. The van der Waals surface area contributed by atoms with Gasteiger partial charge in [-0.05, 0) is 26.0 Å². The van der Waals surface area contributed by atoms with Crippen molar-refractivity contribution in [2.24, 2.45) is 0 Å². The average Bonchev–Trinajstić information content (AvgIpc) is 3.29. The van der Waals surface area contributed by atoms with Gasteiger partial charge in [-0.1, -0.05) is 5.92 Å². The van der Waals surface area contributed by atoms with Gasteiger partial charge in [-0.3, -0.25) is 14.2 Å². The molecule has 1 fully saturated rings. The molecule has 0 saturated carbocycles. The van der Waals surface area contributed by atoms with E-state index >= 15 is 0 Å². The number of piperazine rings is 1. The van der Waals surface area contributed by atoms with Gasteiger partial charge in [0, 0.05) is 44.4 Å². The van der Waals surface area contributed by atoms with E-state index in [1.165, 1.54) is 17.8 Å². The van der Waals surface area contributed by atoms with Gasteiger partial charge in [0.2, 0.25) is 5.95 Å². The van der Waals surface area contributed by atoms with E-state index in [1.807, 2.05) is 11.5 Å². The fraction of sp³-hybridized carbons (Fsp3) is 0.400. The molecule has 4 rings (SSSR count). The van der Waals surface area contributed by atoms with Gasteiger partial charge in [0.05, 0.1) is 37.5 Å². The van der Waals surface area contributed by atoms with Crippen LogP contribution in [0.15, 0.2) is 23.1 Å². The lowest BCUT2D eigenvalue weighted by Gasteiger charge is -2.28. The quantitative estimate of drug-likeness (QED) is 0.465. The topological polar surface area (TPSA) is 130 Å². The first-order valence-corrected chi connectivity index (χ1v) is 11.8. The van der Waals surface area contributed by atoms with Gasteiger partial charge in [-0.15, -0.1) is 5.92 Å². The molecule has 11 heteroatoms. The Labute approximate surface area is 208 Å². The molecule has 0 radical (unpaired) electrons. The Hall–Kier alpha value is -4.35. The number of ether oxygens (including phenoxy) is 1. The van der Waals surface area contributed by atoms with Crippen LogP contribution in [0.25, 0.3) is 11.0 Å². The highest BCUT2D eigenvalue weighted by Crippen LogP contribution is 2.26. The molecule has 3 aromatic rings. The van der Waals surface area contributed by atoms with E-state index in [4.69, 9.17) is 9.72 Å². The lowest BCUT2D eigenvalue weighted by Crippen LogP contribution is -2.44. The van der Waals surface area contributed by atoms with E-state index in [9.17, 15) is 14.9 Å². The number of carbonyl (C=O) groups is 1. The van der Waals surface area contributed by atoms with Crippen molar-refractivity contribution in [3.63, 3.8) is 0 Å². The van der Waals surface area contributed by atoms with E-state index in [1.54, 1.807) is 19.2 Å². The largest absolute Gasteiger partial charge is 0.493 e. The lowest BCUT2D eigenvalue weighted by molar-refractivity contribution is 0.0962. The standard InChI is InChI=1S/C25H28N8O3/c1-4-6-9-32-22-20(30-25(32)31-10-7-28-8-11-31)15-29-33(24(22)35)16-19-18(14-26)12-17(23(34)27-3)13-21(19)36-5-2/h12-13,15,28H,5,7-11,16H2,1-3H3,(H,27,34). The minimum absolute atomic E-state index is 0.00533. The summed E-state index contributed by atoms with van der Waals surface area (Å²) in [5, 5.41) is 20.0. The van der Waals surface area contributed by atoms with Crippen LogP contribution in [0.4, 0.5) is 5.95 Å². The monoisotopic (exact) mass is 488 g/mol. The fourth-order valence-electron chi connectivity index (χ4n) is 4.22. The first kappa shape index (κ1) is 24.8. The maximum absolute atomic E-state index is 13.7. The third-order valence-electron chi connectivity index (χ3n) is 5.97. The van der Waals surface area contributed by atoms with Crippen molar-refractivity contribution in [1.82, 2.24) is 30.0 Å². The molecule has 186 valence electrons. The number of fused-ring (bicyclic) bond motifs is 1. The van der Waals surface area contributed by atoms with E-state index in [0.717, 1.165) is 26.2 Å². The number of nitriles is 1. The number of benzene rings is 1. The number of nitrogens with one attached hydrogen (secondary N) is 2. The number of aromatic nitrogens is 4.